The largest absolute Gasteiger partial charge is 0.462 e. The number of methoxy groups -OCH3 is 1. The van der Waals surface area contributed by atoms with Crippen molar-refractivity contribution in [2.24, 2.45) is 23.7 Å². The zero-order valence-corrected chi connectivity index (χ0v) is 51.5. The first-order valence-electron chi connectivity index (χ1n) is 30.3. The third-order valence-corrected chi connectivity index (χ3v) is 18.4. The van der Waals surface area contributed by atoms with Gasteiger partial charge in [0.05, 0.1) is 85.1 Å². The second-order valence-electron chi connectivity index (χ2n) is 25.9. The molecular weight excluding hydrogens is 1130 g/mol. The van der Waals surface area contributed by atoms with Crippen LogP contribution in [0.2, 0.25) is 0 Å². The van der Waals surface area contributed by atoms with Crippen molar-refractivity contribution in [2.45, 2.75) is 278 Å². The van der Waals surface area contributed by atoms with E-state index >= 15 is 0 Å². The Morgan fingerprint density at radius 3 is 2.15 bits per heavy atom. The van der Waals surface area contributed by atoms with Crippen LogP contribution in [0.3, 0.4) is 0 Å². The fourth-order valence-electron chi connectivity index (χ4n) is 14.1. The third kappa shape index (κ3) is 18.1. The average molecular weight is 1220 g/mol. The van der Waals surface area contributed by atoms with Gasteiger partial charge in [-0.3, -0.25) is 19.2 Å². The van der Waals surface area contributed by atoms with Gasteiger partial charge in [-0.2, -0.15) is 0 Å². The highest BCUT2D eigenvalue weighted by molar-refractivity contribution is 6.30. The number of aliphatic hydroxyl groups excluding tert-OH is 5. The van der Waals surface area contributed by atoms with Gasteiger partial charge in [-0.1, -0.05) is 88.4 Å². The molecule has 480 valence electrons. The Bertz CT molecular complexity index is 2430. The van der Waals surface area contributed by atoms with Gasteiger partial charge in [-0.25, -0.2) is 0 Å². The first-order chi connectivity index (χ1) is 39.8. The van der Waals surface area contributed by atoms with E-state index in [1.807, 2.05) is 12.2 Å². The summed E-state index contributed by atoms with van der Waals surface area (Å²) >= 11 is 5.89. The van der Waals surface area contributed by atoms with Gasteiger partial charge < -0.3 is 83.1 Å². The van der Waals surface area contributed by atoms with E-state index in [9.17, 15) is 54.9 Å². The number of carbonyl (C=O) groups excluding carboxylic acids is 4. The zero-order valence-electron chi connectivity index (χ0n) is 50.7. The van der Waals surface area contributed by atoms with Crippen molar-refractivity contribution in [1.82, 2.24) is 0 Å². The Labute approximate surface area is 505 Å². The van der Waals surface area contributed by atoms with Gasteiger partial charge >= 0.3 is 17.9 Å². The summed E-state index contributed by atoms with van der Waals surface area (Å²) in [6.07, 6.45) is -8.69. The van der Waals surface area contributed by atoms with Crippen molar-refractivity contribution in [3.63, 3.8) is 0 Å². The SMILES string of the molecule is C=C(Cl)/C=C/[C@H](O)CC(=C)C[C@@H]1O[C@H]2[C@@H](C)[C@H](OC(=O)C[C@H]3C[C@H](OC(C)=O)C[C@@]4(C[C@@](C)(O)C[C@H](CC(=C)[C@H](C)[C@H](OC(C)=O)[C@@H](C)C(=O)C[C@H]5C[C@H](OC)C[C@]6(C[C@@H](O)C[C@H](/C=C\CCC[C@@H]7O[C@@](O)(C[C@@H](O)[C@@H]7C)[C@H]2O)O6)O5)O4)O3)[C@H]1O. The van der Waals surface area contributed by atoms with Crippen LogP contribution >= 0.6 is 11.6 Å². The van der Waals surface area contributed by atoms with Crippen LogP contribution < -0.4 is 0 Å². The minimum absolute atomic E-state index is 0.00321. The Morgan fingerprint density at radius 2 is 1.47 bits per heavy atom. The van der Waals surface area contributed by atoms with Gasteiger partial charge in [-0.05, 0) is 51.5 Å². The number of hydrogen-bond donors (Lipinski definition) is 7. The number of fused-ring (bicyclic) bond motifs is 8. The molecule has 21 nitrogen and oxygen atoms in total. The van der Waals surface area contributed by atoms with E-state index in [2.05, 4.69) is 19.7 Å². The standard InChI is InChI=1S/C63H95ClO21/c1-33(19-42(67)18-17-35(3)64)20-53-55(72)57-39(7)58(79-53)59(73)63(75)31-51(70)37(5)52(85-63)16-14-12-13-15-44-22-43(68)27-61(81-44)29-47(76-11)23-45(82-61)25-50(69)38(6)56(78-41(9)66)36(4)34(2)21-49-28-60(10,74)32-62(84-49)30-48(77-40(8)65)24-46(83-62)26-54(71)80-57/h13,15,17-18,36-39,42-49,51-53,55-59,67-68,70,72-75H,1-3,12,14,16,19-32H2,4-11H3/b15-13-,18-17+/t36-,37-,38-,39-,42-,43-,44-,45+,46+,47-,48-,49-,51+,52-,53-,55-,56-,57-,58-,59-,60-,61-,62+,63-/m0/s1. The minimum Gasteiger partial charge on any atom is -0.462 e. The molecule has 0 amide bonds. The van der Waals surface area contributed by atoms with Crippen molar-refractivity contribution >= 4 is 35.3 Å². The lowest BCUT2D eigenvalue weighted by Crippen LogP contribution is -2.65. The van der Waals surface area contributed by atoms with Gasteiger partial charge in [0, 0.05) is 108 Å². The Kier molecular flexibility index (Phi) is 23.5. The van der Waals surface area contributed by atoms with Crippen LogP contribution in [0.1, 0.15) is 158 Å². The molecule has 7 aliphatic heterocycles. The fraction of sp³-hybridized carbons (Fsp3) is 0.778. The first kappa shape index (κ1) is 69.0. The number of hydrogen-bond acceptors (Lipinski definition) is 21. The predicted molar refractivity (Wildman–Crippen MR) is 308 cm³/mol. The molecule has 85 heavy (non-hydrogen) atoms. The number of rotatable bonds is 9. The molecule has 7 N–H and O–H groups in total. The van der Waals surface area contributed by atoms with Crippen molar-refractivity contribution < 1.29 is 102 Å². The summed E-state index contributed by atoms with van der Waals surface area (Å²) in [4.78, 5) is 54.3. The maximum atomic E-state index is 14.5. The second-order valence-corrected chi connectivity index (χ2v) is 26.4. The van der Waals surface area contributed by atoms with Gasteiger partial charge in [-0.15, -0.1) is 0 Å². The smallest absolute Gasteiger partial charge is 0.308 e. The topological polar surface area (TPSA) is 302 Å². The number of ether oxygens (including phenoxy) is 10. The Balaban J connectivity index is 1.22. The number of carbonyl (C=O) groups is 4. The minimum atomic E-state index is -2.40. The van der Waals surface area contributed by atoms with E-state index in [-0.39, 0.29) is 81.1 Å². The maximum Gasteiger partial charge on any atom is 0.308 e. The molecule has 2 spiro atoms. The zero-order chi connectivity index (χ0) is 62.5. The van der Waals surface area contributed by atoms with E-state index in [0.29, 0.717) is 43.3 Å². The molecule has 0 unspecified atom stereocenters. The van der Waals surface area contributed by atoms with E-state index in [0.717, 1.165) is 0 Å². The molecule has 0 aliphatic carbocycles. The van der Waals surface area contributed by atoms with Crippen molar-refractivity contribution in [2.75, 3.05) is 7.11 Å². The summed E-state index contributed by atoms with van der Waals surface area (Å²) in [6, 6.07) is 0. The summed E-state index contributed by atoms with van der Waals surface area (Å²) in [6.45, 7) is 23.1. The number of Topliss-reactive ketones (excluding diaryl/α,β-unsaturated/α-hetero) is 1. The van der Waals surface area contributed by atoms with Crippen LogP contribution in [0.15, 0.2) is 60.2 Å². The van der Waals surface area contributed by atoms with Crippen molar-refractivity contribution in [3.8, 4) is 0 Å². The molecule has 7 rings (SSSR count). The van der Waals surface area contributed by atoms with Crippen LogP contribution in [0.25, 0.3) is 0 Å². The van der Waals surface area contributed by atoms with E-state index in [1.54, 1.807) is 41.7 Å². The summed E-state index contributed by atoms with van der Waals surface area (Å²) in [5.41, 5.74) is -0.508. The molecule has 0 saturated carbocycles. The van der Waals surface area contributed by atoms with Crippen LogP contribution in [-0.4, -0.2) is 187 Å². The normalized spacial score (nSPS) is 44.5. The lowest BCUT2D eigenvalue weighted by atomic mass is 9.78. The summed E-state index contributed by atoms with van der Waals surface area (Å²) in [7, 11) is 1.57. The molecule has 7 aliphatic rings. The molecule has 24 atom stereocenters. The summed E-state index contributed by atoms with van der Waals surface area (Å²) < 4.78 is 63.4. The van der Waals surface area contributed by atoms with Crippen LogP contribution in [0, 0.1) is 23.7 Å². The highest BCUT2D eigenvalue weighted by Gasteiger charge is 2.58. The van der Waals surface area contributed by atoms with Gasteiger partial charge in [0.1, 0.15) is 36.3 Å². The fourth-order valence-corrected chi connectivity index (χ4v) is 14.2. The summed E-state index contributed by atoms with van der Waals surface area (Å²) in [5, 5.41) is 82.6. The number of allylic oxidation sites excluding steroid dienone is 3. The summed E-state index contributed by atoms with van der Waals surface area (Å²) in [5.74, 6) is -10.7. The third-order valence-electron chi connectivity index (χ3n) is 18.3. The van der Waals surface area contributed by atoms with E-state index in [4.69, 9.17) is 59.0 Å². The molecule has 0 aromatic carbocycles. The molecule has 0 radical (unpaired) electrons. The van der Waals surface area contributed by atoms with Crippen molar-refractivity contribution in [3.05, 3.63) is 60.2 Å². The lowest BCUT2D eigenvalue weighted by Gasteiger charge is -2.52. The number of esters is 3. The number of ketones is 1. The van der Waals surface area contributed by atoms with E-state index in [1.165, 1.54) is 26.0 Å². The lowest BCUT2D eigenvalue weighted by molar-refractivity contribution is -0.351. The van der Waals surface area contributed by atoms with Crippen LogP contribution in [-0.2, 0) is 66.5 Å². The van der Waals surface area contributed by atoms with Crippen LogP contribution in [0.4, 0.5) is 0 Å². The predicted octanol–water partition coefficient (Wildman–Crippen LogP) is 5.91. The maximum absolute atomic E-state index is 14.5. The molecule has 6 saturated heterocycles. The second kappa shape index (κ2) is 29.0. The molecule has 0 aromatic rings. The molecule has 22 heteroatoms. The quantitative estimate of drug-likeness (QED) is 0.0611. The number of aliphatic hydroxyl groups is 7. The monoisotopic (exact) mass is 1220 g/mol. The highest BCUT2D eigenvalue weighted by Crippen LogP contribution is 2.48. The average Bonchev–Trinajstić information content (AvgIpc) is 1.35. The van der Waals surface area contributed by atoms with Gasteiger partial charge in [0.15, 0.2) is 17.4 Å². The highest BCUT2D eigenvalue weighted by atomic mass is 35.5. The van der Waals surface area contributed by atoms with Gasteiger partial charge in [0.25, 0.3) is 0 Å². The van der Waals surface area contributed by atoms with Gasteiger partial charge in [0.2, 0.25) is 0 Å². The molecule has 6 fully saturated rings. The molecular formula is C63H95ClO21. The van der Waals surface area contributed by atoms with Crippen LogP contribution in [0.5, 0.6) is 0 Å². The Hall–Kier alpha value is -3.49. The number of halogens is 1. The molecule has 10 bridgehead atoms. The molecule has 0 aromatic heterocycles. The van der Waals surface area contributed by atoms with E-state index < -0.39 is 169 Å². The Morgan fingerprint density at radius 1 is 0.812 bits per heavy atom. The molecule has 7 heterocycles. The van der Waals surface area contributed by atoms with Crippen molar-refractivity contribution in [1.29, 1.82) is 0 Å². The first-order valence-corrected chi connectivity index (χ1v) is 30.7.